The molecular weight excluding hydrogens is 490 g/mol. The molecule has 0 amide bonds. The third-order valence-electron chi connectivity index (χ3n) is 5.56. The van der Waals surface area contributed by atoms with Gasteiger partial charge in [-0.2, -0.15) is 9.61 Å². The lowest BCUT2D eigenvalue weighted by atomic mass is 10.1. The lowest BCUT2D eigenvalue weighted by Crippen LogP contribution is -2.23. The molecule has 12 heteroatoms. The van der Waals surface area contributed by atoms with Crippen LogP contribution < -0.4 is 14.2 Å². The Labute approximate surface area is 208 Å². The van der Waals surface area contributed by atoms with E-state index in [0.29, 0.717) is 27.8 Å². The van der Waals surface area contributed by atoms with E-state index >= 15 is 0 Å². The molecule has 0 aliphatic heterocycles. The smallest absolute Gasteiger partial charge is 0.242 e. The van der Waals surface area contributed by atoms with Crippen LogP contribution in [0.5, 0.6) is 17.2 Å². The Balaban J connectivity index is 1.63. The highest BCUT2D eigenvalue weighted by molar-refractivity contribution is 7.89. The lowest BCUT2D eigenvalue weighted by molar-refractivity contribution is 0.353. The quantitative estimate of drug-likeness (QED) is 0.316. The van der Waals surface area contributed by atoms with E-state index in [1.165, 1.54) is 51.3 Å². The van der Waals surface area contributed by atoms with Crippen molar-refractivity contribution in [3.05, 3.63) is 58.4 Å². The predicted molar refractivity (Wildman–Crippen MR) is 132 cm³/mol. The number of ether oxygens (including phenoxy) is 3. The summed E-state index contributed by atoms with van der Waals surface area (Å²) in [5.41, 5.74) is 1.69. The van der Waals surface area contributed by atoms with Gasteiger partial charge in [0.25, 0.3) is 0 Å². The van der Waals surface area contributed by atoms with Crippen LogP contribution in [0.1, 0.15) is 22.0 Å². The minimum absolute atomic E-state index is 0.117. The number of hydrogen-bond acceptors (Lipinski definition) is 9. The monoisotopic (exact) mass is 517 g/mol. The van der Waals surface area contributed by atoms with Crippen LogP contribution in [-0.2, 0) is 29.3 Å². The van der Waals surface area contributed by atoms with Gasteiger partial charge in [0.05, 0.1) is 26.2 Å². The zero-order chi connectivity index (χ0) is 25.2. The molecule has 10 nitrogen and oxygen atoms in total. The van der Waals surface area contributed by atoms with Crippen molar-refractivity contribution in [1.29, 1.82) is 0 Å². The minimum atomic E-state index is -3.75. The van der Waals surface area contributed by atoms with Crippen LogP contribution in [-0.4, -0.2) is 68.0 Å². The van der Waals surface area contributed by atoms with Crippen molar-refractivity contribution in [3.63, 3.8) is 0 Å². The number of benzene rings is 2. The zero-order valence-electron chi connectivity index (χ0n) is 20.2. The predicted octanol–water partition coefficient (Wildman–Crippen LogP) is 2.84. The summed E-state index contributed by atoms with van der Waals surface area (Å²) in [5.74, 6) is 2.12. The van der Waals surface area contributed by atoms with Gasteiger partial charge in [-0.1, -0.05) is 23.5 Å². The summed E-state index contributed by atoms with van der Waals surface area (Å²) in [6, 6.07) is 11.1. The molecule has 0 atom stereocenters. The maximum absolute atomic E-state index is 13.0. The number of sulfonamides is 1. The first kappa shape index (κ1) is 24.9. The van der Waals surface area contributed by atoms with Gasteiger partial charge in [0.15, 0.2) is 17.3 Å². The molecule has 0 unspecified atom stereocenters. The summed E-state index contributed by atoms with van der Waals surface area (Å²) < 4.78 is 44.9. The first-order valence-corrected chi connectivity index (χ1v) is 13.0. The topological polar surface area (TPSA) is 108 Å². The summed E-state index contributed by atoms with van der Waals surface area (Å²) in [7, 11) is 3.85. The molecular formula is C23H27N5O5S2. The fraction of sp³-hybridized carbons (Fsp3) is 0.348. The van der Waals surface area contributed by atoms with E-state index in [9.17, 15) is 8.42 Å². The number of methoxy groups -OCH3 is 3. The van der Waals surface area contributed by atoms with E-state index in [0.717, 1.165) is 27.9 Å². The van der Waals surface area contributed by atoms with E-state index in [-0.39, 0.29) is 11.3 Å². The van der Waals surface area contributed by atoms with Gasteiger partial charge in [0.1, 0.15) is 10.8 Å². The van der Waals surface area contributed by atoms with Crippen LogP contribution in [0.3, 0.4) is 0 Å². The van der Waals surface area contributed by atoms with Crippen molar-refractivity contribution in [2.24, 2.45) is 0 Å². The average molecular weight is 518 g/mol. The average Bonchev–Trinajstić information content (AvgIpc) is 3.43. The van der Waals surface area contributed by atoms with Gasteiger partial charge in [-0.05, 0) is 35.7 Å². The second kappa shape index (κ2) is 10.2. The van der Waals surface area contributed by atoms with Crippen molar-refractivity contribution in [1.82, 2.24) is 24.1 Å². The van der Waals surface area contributed by atoms with Crippen LogP contribution in [0.25, 0.3) is 4.96 Å². The van der Waals surface area contributed by atoms with Crippen LogP contribution in [0.4, 0.5) is 0 Å². The second-order valence-electron chi connectivity index (χ2n) is 7.93. The van der Waals surface area contributed by atoms with Crippen molar-refractivity contribution in [2.75, 3.05) is 35.4 Å². The van der Waals surface area contributed by atoms with Gasteiger partial charge in [-0.15, -0.1) is 10.2 Å². The summed E-state index contributed by atoms with van der Waals surface area (Å²) in [6.45, 7) is 0. The Morgan fingerprint density at radius 3 is 2.26 bits per heavy atom. The van der Waals surface area contributed by atoms with E-state index in [4.69, 9.17) is 19.3 Å². The van der Waals surface area contributed by atoms with Crippen molar-refractivity contribution in [2.45, 2.75) is 24.2 Å². The first-order chi connectivity index (χ1) is 16.8. The van der Waals surface area contributed by atoms with Gasteiger partial charge in [0, 0.05) is 33.0 Å². The van der Waals surface area contributed by atoms with Crippen LogP contribution in [0.15, 0.2) is 41.3 Å². The van der Waals surface area contributed by atoms with Gasteiger partial charge in [0.2, 0.25) is 15.0 Å². The van der Waals surface area contributed by atoms with Crippen LogP contribution in [0.2, 0.25) is 0 Å². The molecule has 0 spiro atoms. The molecule has 4 aromatic rings. The van der Waals surface area contributed by atoms with Gasteiger partial charge < -0.3 is 14.2 Å². The highest BCUT2D eigenvalue weighted by atomic mass is 32.2. The van der Waals surface area contributed by atoms with E-state index < -0.39 is 10.0 Å². The summed E-state index contributed by atoms with van der Waals surface area (Å²) in [5, 5.41) is 14.1. The van der Waals surface area contributed by atoms with E-state index in [1.54, 1.807) is 17.7 Å². The highest BCUT2D eigenvalue weighted by Crippen LogP contribution is 2.34. The number of nitrogens with zero attached hydrogens (tertiary/aromatic N) is 5. The van der Waals surface area contributed by atoms with Crippen LogP contribution >= 0.6 is 11.3 Å². The standard InChI is InChI=1S/C23H27N5O5S2/c1-27(2)35(29,30)20-14-19(33-5)18(32-4)12-16(20)13-21-24-25-23-28(21)26-22(34-23)11-8-15-6-9-17(31-3)10-7-15/h6-7,9-10,12,14H,8,11,13H2,1-5H3. The second-order valence-corrected chi connectivity index (χ2v) is 11.1. The van der Waals surface area contributed by atoms with Crippen molar-refractivity contribution in [3.8, 4) is 17.2 Å². The normalized spacial score (nSPS) is 11.8. The maximum Gasteiger partial charge on any atom is 0.242 e. The molecule has 2 aromatic heterocycles. The molecule has 0 N–H and O–H groups in total. The number of fused-ring (bicyclic) bond motifs is 1. The van der Waals surface area contributed by atoms with Gasteiger partial charge in [-0.25, -0.2) is 12.7 Å². The van der Waals surface area contributed by atoms with E-state index in [1.807, 2.05) is 24.3 Å². The Morgan fingerprint density at radius 1 is 0.943 bits per heavy atom. The summed E-state index contributed by atoms with van der Waals surface area (Å²) in [6.07, 6.45) is 1.77. The molecule has 35 heavy (non-hydrogen) atoms. The van der Waals surface area contributed by atoms with Gasteiger partial charge >= 0.3 is 0 Å². The molecule has 2 heterocycles. The molecule has 186 valence electrons. The molecule has 4 rings (SSSR count). The Morgan fingerprint density at radius 2 is 1.63 bits per heavy atom. The summed E-state index contributed by atoms with van der Waals surface area (Å²) >= 11 is 1.47. The van der Waals surface area contributed by atoms with E-state index in [2.05, 4.69) is 10.2 Å². The SMILES string of the molecule is COc1ccc(CCc2nn3c(Cc4cc(OC)c(OC)cc4S(=O)(=O)N(C)C)nnc3s2)cc1. The highest BCUT2D eigenvalue weighted by Gasteiger charge is 2.26. The molecule has 2 aromatic carbocycles. The number of aryl methyl sites for hydroxylation is 2. The largest absolute Gasteiger partial charge is 0.497 e. The van der Waals surface area contributed by atoms with Crippen molar-refractivity contribution >= 4 is 26.3 Å². The maximum atomic E-state index is 13.0. The molecule has 0 aliphatic carbocycles. The fourth-order valence-electron chi connectivity index (χ4n) is 3.60. The molecule has 0 bridgehead atoms. The third-order valence-corrected chi connectivity index (χ3v) is 8.41. The Kier molecular flexibility index (Phi) is 7.24. The lowest BCUT2D eigenvalue weighted by Gasteiger charge is -2.17. The zero-order valence-corrected chi connectivity index (χ0v) is 21.8. The van der Waals surface area contributed by atoms with Crippen LogP contribution in [0, 0.1) is 0 Å². The molecule has 0 saturated carbocycles. The third kappa shape index (κ3) is 5.09. The molecule has 0 aliphatic rings. The molecule has 0 saturated heterocycles. The molecule has 0 radical (unpaired) electrons. The molecule has 0 fully saturated rings. The Hall–Kier alpha value is -3.22. The number of rotatable bonds is 10. The fourth-order valence-corrected chi connectivity index (χ4v) is 5.56. The summed E-state index contributed by atoms with van der Waals surface area (Å²) in [4.78, 5) is 0.772. The first-order valence-electron chi connectivity index (χ1n) is 10.8. The Bertz CT molecular complexity index is 1430. The number of hydrogen-bond donors (Lipinski definition) is 0. The van der Waals surface area contributed by atoms with Crippen molar-refractivity contribution < 1.29 is 22.6 Å². The van der Waals surface area contributed by atoms with Gasteiger partial charge in [-0.3, -0.25) is 0 Å². The minimum Gasteiger partial charge on any atom is -0.497 e. The number of aromatic nitrogens is 4.